The monoisotopic (exact) mass is 420 g/mol. The van der Waals surface area contributed by atoms with Crippen LogP contribution in [-0.2, 0) is 9.53 Å². The van der Waals surface area contributed by atoms with E-state index in [1.165, 1.54) is 17.8 Å². The van der Waals surface area contributed by atoms with Gasteiger partial charge in [-0.15, -0.1) is 0 Å². The number of pyridine rings is 1. The lowest BCUT2D eigenvalue weighted by Crippen LogP contribution is -2.25. The lowest BCUT2D eigenvalue weighted by atomic mass is 10.1. The van der Waals surface area contributed by atoms with Gasteiger partial charge in [0.15, 0.2) is 19.0 Å². The second-order valence-electron chi connectivity index (χ2n) is 6.32. The van der Waals surface area contributed by atoms with E-state index in [0.717, 1.165) is 4.90 Å². The Bertz CT molecular complexity index is 1120. The van der Waals surface area contributed by atoms with Gasteiger partial charge < -0.3 is 14.8 Å². The van der Waals surface area contributed by atoms with Crippen LogP contribution in [0.15, 0.2) is 76.8 Å². The number of rotatable bonds is 6. The predicted octanol–water partition coefficient (Wildman–Crippen LogP) is 3.60. The van der Waals surface area contributed by atoms with E-state index in [1.807, 2.05) is 30.3 Å². The second kappa shape index (κ2) is 8.79. The van der Waals surface area contributed by atoms with Gasteiger partial charge in [0.2, 0.25) is 0 Å². The van der Waals surface area contributed by atoms with Crippen LogP contribution < -0.4 is 10.1 Å². The van der Waals surface area contributed by atoms with Crippen molar-refractivity contribution in [1.82, 2.24) is 4.98 Å². The molecule has 7 nitrogen and oxygen atoms in total. The molecule has 30 heavy (non-hydrogen) atoms. The first-order chi connectivity index (χ1) is 14.6. The maximum atomic E-state index is 12.6. The molecule has 1 aromatic heterocycles. The Morgan fingerprint density at radius 3 is 2.77 bits per heavy atom. The molecule has 1 aliphatic heterocycles. The molecule has 3 aromatic rings. The molecule has 2 aromatic carbocycles. The molecule has 0 atom stereocenters. The predicted molar refractivity (Wildman–Crippen MR) is 110 cm³/mol. The van der Waals surface area contributed by atoms with Gasteiger partial charge in [0.25, 0.3) is 5.91 Å². The van der Waals surface area contributed by atoms with Gasteiger partial charge in [-0.05, 0) is 42.5 Å². The summed E-state index contributed by atoms with van der Waals surface area (Å²) in [6, 6.07) is 17.4. The van der Waals surface area contributed by atoms with Crippen LogP contribution in [0.4, 0.5) is 5.69 Å². The minimum absolute atomic E-state index is 0.0632. The van der Waals surface area contributed by atoms with Gasteiger partial charge >= 0.3 is 5.97 Å². The van der Waals surface area contributed by atoms with Gasteiger partial charge in [-0.2, -0.15) is 0 Å². The lowest BCUT2D eigenvalue weighted by Gasteiger charge is -2.18. The highest BCUT2D eigenvalue weighted by Gasteiger charge is 2.20. The number of carbonyl (C=O) groups is 3. The molecular formula is C22H16N2O5S. The summed E-state index contributed by atoms with van der Waals surface area (Å²) in [5.74, 6) is -0.837. The Kier molecular flexibility index (Phi) is 5.76. The number of ketones is 1. The minimum Gasteiger partial charge on any atom is -0.482 e. The highest BCUT2D eigenvalue weighted by atomic mass is 32.2. The molecule has 150 valence electrons. The van der Waals surface area contributed by atoms with Crippen molar-refractivity contribution in [3.05, 3.63) is 78.0 Å². The quantitative estimate of drug-likeness (QED) is 0.481. The summed E-state index contributed by atoms with van der Waals surface area (Å²) in [6.07, 6.45) is 1.59. The fourth-order valence-corrected chi connectivity index (χ4v) is 3.67. The Hall–Kier alpha value is -3.65. The number of esters is 1. The summed E-state index contributed by atoms with van der Waals surface area (Å²) in [4.78, 5) is 41.7. The zero-order valence-corrected chi connectivity index (χ0v) is 16.5. The third-order valence-electron chi connectivity index (χ3n) is 4.22. The zero-order valence-electron chi connectivity index (χ0n) is 15.7. The molecular weight excluding hydrogens is 404 g/mol. The number of anilines is 1. The molecule has 0 bridgehead atoms. The van der Waals surface area contributed by atoms with E-state index in [0.29, 0.717) is 22.0 Å². The molecule has 0 unspecified atom stereocenters. The van der Waals surface area contributed by atoms with Crippen molar-refractivity contribution in [2.75, 3.05) is 18.5 Å². The Morgan fingerprint density at radius 2 is 1.93 bits per heavy atom. The number of nitrogens with one attached hydrogen (secondary N) is 1. The van der Waals surface area contributed by atoms with Gasteiger partial charge in [-0.25, -0.2) is 9.78 Å². The SMILES string of the molecule is O=C1COc2ccc(C(=O)COC(=O)c3cccnc3Sc3ccccc3)cc2N1. The molecule has 0 saturated carbocycles. The van der Waals surface area contributed by atoms with E-state index in [4.69, 9.17) is 9.47 Å². The molecule has 8 heteroatoms. The fourth-order valence-electron chi connectivity index (χ4n) is 2.78. The van der Waals surface area contributed by atoms with Crippen molar-refractivity contribution in [1.29, 1.82) is 0 Å². The van der Waals surface area contributed by atoms with Crippen molar-refractivity contribution in [2.45, 2.75) is 9.92 Å². The van der Waals surface area contributed by atoms with Gasteiger partial charge in [0.1, 0.15) is 10.8 Å². The zero-order chi connectivity index (χ0) is 20.9. The first kappa shape index (κ1) is 19.7. The van der Waals surface area contributed by atoms with E-state index in [-0.39, 0.29) is 18.1 Å². The first-order valence-electron chi connectivity index (χ1n) is 9.05. The number of aromatic nitrogens is 1. The van der Waals surface area contributed by atoms with Crippen LogP contribution in [0.5, 0.6) is 5.75 Å². The average molecular weight is 420 g/mol. The molecule has 1 N–H and O–H groups in total. The van der Waals surface area contributed by atoms with Crippen LogP contribution in [-0.4, -0.2) is 35.9 Å². The van der Waals surface area contributed by atoms with Crippen LogP contribution in [0, 0.1) is 0 Å². The highest BCUT2D eigenvalue weighted by Crippen LogP contribution is 2.30. The summed E-state index contributed by atoms with van der Waals surface area (Å²) in [5, 5.41) is 3.14. The molecule has 0 spiro atoms. The van der Waals surface area contributed by atoms with E-state index in [1.54, 1.807) is 30.5 Å². The van der Waals surface area contributed by atoms with Gasteiger partial charge in [-0.3, -0.25) is 9.59 Å². The summed E-state index contributed by atoms with van der Waals surface area (Å²) < 4.78 is 10.5. The number of fused-ring (bicyclic) bond motifs is 1. The highest BCUT2D eigenvalue weighted by molar-refractivity contribution is 7.99. The largest absolute Gasteiger partial charge is 0.482 e. The Balaban J connectivity index is 1.43. The maximum absolute atomic E-state index is 12.6. The van der Waals surface area contributed by atoms with Crippen LogP contribution in [0.2, 0.25) is 0 Å². The smallest absolute Gasteiger partial charge is 0.341 e. The summed E-state index contributed by atoms with van der Waals surface area (Å²) in [7, 11) is 0. The maximum Gasteiger partial charge on any atom is 0.341 e. The molecule has 0 aliphatic carbocycles. The van der Waals surface area contributed by atoms with E-state index in [2.05, 4.69) is 10.3 Å². The number of hydrogen-bond acceptors (Lipinski definition) is 7. The molecule has 2 heterocycles. The topological polar surface area (TPSA) is 94.6 Å². The number of nitrogens with zero attached hydrogens (tertiary/aromatic N) is 1. The number of benzene rings is 2. The van der Waals surface area contributed by atoms with E-state index in [9.17, 15) is 14.4 Å². The van der Waals surface area contributed by atoms with Crippen molar-refractivity contribution in [3.8, 4) is 5.75 Å². The van der Waals surface area contributed by atoms with Crippen molar-refractivity contribution in [2.24, 2.45) is 0 Å². The number of ether oxygens (including phenoxy) is 2. The van der Waals surface area contributed by atoms with Crippen LogP contribution in [0.3, 0.4) is 0 Å². The summed E-state index contributed by atoms with van der Waals surface area (Å²) >= 11 is 1.34. The first-order valence-corrected chi connectivity index (χ1v) is 9.87. The van der Waals surface area contributed by atoms with Crippen molar-refractivity contribution in [3.63, 3.8) is 0 Å². The van der Waals surface area contributed by atoms with Gasteiger partial charge in [0, 0.05) is 16.7 Å². The number of amides is 1. The van der Waals surface area contributed by atoms with Crippen LogP contribution in [0.25, 0.3) is 0 Å². The Labute approximate surface area is 176 Å². The molecule has 0 fully saturated rings. The standard InChI is InChI=1S/C22H16N2O5S/c25-18(14-8-9-19-17(11-14)24-20(26)13-28-19)12-29-22(27)16-7-4-10-23-21(16)30-15-5-2-1-3-6-15/h1-11H,12-13H2,(H,24,26). The third-order valence-corrected chi connectivity index (χ3v) is 5.24. The molecule has 4 rings (SSSR count). The number of carbonyl (C=O) groups excluding carboxylic acids is 3. The number of hydrogen-bond donors (Lipinski definition) is 1. The van der Waals surface area contributed by atoms with Gasteiger partial charge in [0.05, 0.1) is 11.3 Å². The van der Waals surface area contributed by atoms with E-state index >= 15 is 0 Å². The van der Waals surface area contributed by atoms with Crippen LogP contribution >= 0.6 is 11.8 Å². The van der Waals surface area contributed by atoms with Gasteiger partial charge in [-0.1, -0.05) is 30.0 Å². The fraction of sp³-hybridized carbons (Fsp3) is 0.0909. The number of Topliss-reactive ketones (excluding diaryl/α,β-unsaturated/α-hetero) is 1. The normalized spacial score (nSPS) is 12.3. The Morgan fingerprint density at radius 1 is 1.10 bits per heavy atom. The molecule has 1 amide bonds. The third kappa shape index (κ3) is 4.49. The molecule has 0 saturated heterocycles. The molecule has 0 radical (unpaired) electrons. The minimum atomic E-state index is -0.635. The van der Waals surface area contributed by atoms with Crippen LogP contribution in [0.1, 0.15) is 20.7 Å². The van der Waals surface area contributed by atoms with Crippen molar-refractivity contribution < 1.29 is 23.9 Å². The molecule has 1 aliphatic rings. The average Bonchev–Trinajstić information content (AvgIpc) is 2.77. The second-order valence-corrected chi connectivity index (χ2v) is 7.38. The summed E-state index contributed by atoms with van der Waals surface area (Å²) in [5.41, 5.74) is 1.000. The van der Waals surface area contributed by atoms with Crippen molar-refractivity contribution >= 4 is 35.1 Å². The lowest BCUT2D eigenvalue weighted by molar-refractivity contribution is -0.118. The summed E-state index contributed by atoms with van der Waals surface area (Å²) in [6.45, 7) is -0.497. The van der Waals surface area contributed by atoms with E-state index < -0.39 is 18.4 Å².